The van der Waals surface area contributed by atoms with Gasteiger partial charge in [0.1, 0.15) is 5.75 Å². The number of rotatable bonds is 10. The lowest BCUT2D eigenvalue weighted by molar-refractivity contribution is 0.177. The van der Waals surface area contributed by atoms with Crippen molar-refractivity contribution in [1.29, 1.82) is 0 Å². The number of aromatic nitrogens is 1. The number of nitrogens with one attached hydrogen (secondary N) is 1. The van der Waals surface area contributed by atoms with Crippen molar-refractivity contribution >= 4 is 28.1 Å². The molecule has 5 nitrogen and oxygen atoms in total. The maximum Gasteiger partial charge on any atom is 0.184 e. The summed E-state index contributed by atoms with van der Waals surface area (Å²) in [6.07, 6.45) is 5.95. The number of hydrogen-bond acceptors (Lipinski definition) is 6. The van der Waals surface area contributed by atoms with Gasteiger partial charge < -0.3 is 19.5 Å². The van der Waals surface area contributed by atoms with E-state index in [1.807, 2.05) is 26.0 Å². The third-order valence-corrected chi connectivity index (χ3v) is 6.68. The Labute approximate surface area is 205 Å². The quantitative estimate of drug-likeness (QED) is 0.353. The molecule has 0 saturated carbocycles. The smallest absolute Gasteiger partial charge is 0.184 e. The van der Waals surface area contributed by atoms with Crippen LogP contribution in [0.1, 0.15) is 27.5 Å². The van der Waals surface area contributed by atoms with Crippen molar-refractivity contribution < 1.29 is 14.2 Å². The summed E-state index contributed by atoms with van der Waals surface area (Å²) in [7, 11) is 5.00. The highest BCUT2D eigenvalue weighted by Gasteiger charge is 2.24. The molecule has 0 fully saturated rings. The SMILES string of the molecule is C#CC(Nc1nc(-c2cc(C)c(OC)cc2Cl)c(C)s1)C(COC)c1ccc(COC)cc1. The molecule has 2 aromatic carbocycles. The molecule has 1 heterocycles. The molecule has 1 N–H and O–H groups in total. The molecular formula is C26H29ClN2O3S. The third kappa shape index (κ3) is 5.87. The number of aryl methyl sites for hydroxylation is 2. The number of benzene rings is 2. The maximum absolute atomic E-state index is 6.54. The van der Waals surface area contributed by atoms with Crippen LogP contribution in [0.2, 0.25) is 5.02 Å². The van der Waals surface area contributed by atoms with Gasteiger partial charge in [-0.15, -0.1) is 17.8 Å². The minimum Gasteiger partial charge on any atom is -0.496 e. The first-order chi connectivity index (χ1) is 15.9. The Balaban J connectivity index is 1.88. The third-order valence-electron chi connectivity index (χ3n) is 5.46. The minimum atomic E-state index is -0.301. The Morgan fingerprint density at radius 3 is 2.45 bits per heavy atom. The van der Waals surface area contributed by atoms with Crippen molar-refractivity contribution in [3.8, 4) is 29.4 Å². The monoisotopic (exact) mass is 484 g/mol. The van der Waals surface area contributed by atoms with Gasteiger partial charge in [-0.05, 0) is 42.7 Å². The lowest BCUT2D eigenvalue weighted by Crippen LogP contribution is -2.29. The molecule has 0 radical (unpaired) electrons. The van der Waals surface area contributed by atoms with E-state index in [4.69, 9.17) is 37.2 Å². The normalized spacial score (nSPS) is 12.8. The van der Waals surface area contributed by atoms with E-state index in [-0.39, 0.29) is 12.0 Å². The summed E-state index contributed by atoms with van der Waals surface area (Å²) >= 11 is 8.09. The predicted octanol–water partition coefficient (Wildman–Crippen LogP) is 6.08. The van der Waals surface area contributed by atoms with Gasteiger partial charge in [0, 0.05) is 30.6 Å². The number of hydrogen-bond donors (Lipinski definition) is 1. The van der Waals surface area contributed by atoms with Crippen molar-refractivity contribution in [3.63, 3.8) is 0 Å². The Morgan fingerprint density at radius 1 is 1.12 bits per heavy atom. The molecule has 0 bridgehead atoms. The van der Waals surface area contributed by atoms with Crippen molar-refractivity contribution in [1.82, 2.24) is 4.98 Å². The van der Waals surface area contributed by atoms with E-state index < -0.39 is 0 Å². The highest BCUT2D eigenvalue weighted by atomic mass is 35.5. The van der Waals surface area contributed by atoms with Gasteiger partial charge in [-0.1, -0.05) is 41.8 Å². The van der Waals surface area contributed by atoms with Gasteiger partial charge in [0.25, 0.3) is 0 Å². The highest BCUT2D eigenvalue weighted by molar-refractivity contribution is 7.16. The summed E-state index contributed by atoms with van der Waals surface area (Å²) in [6.45, 7) is 5.06. The second-order valence-electron chi connectivity index (χ2n) is 7.75. The van der Waals surface area contributed by atoms with Gasteiger partial charge in [0.2, 0.25) is 0 Å². The van der Waals surface area contributed by atoms with Gasteiger partial charge in [-0.2, -0.15) is 0 Å². The number of anilines is 1. The predicted molar refractivity (Wildman–Crippen MR) is 137 cm³/mol. The van der Waals surface area contributed by atoms with Crippen LogP contribution in [0.5, 0.6) is 5.75 Å². The molecule has 7 heteroatoms. The number of halogens is 1. The molecule has 33 heavy (non-hydrogen) atoms. The van der Waals surface area contributed by atoms with Crippen LogP contribution in [0, 0.1) is 26.2 Å². The summed E-state index contributed by atoms with van der Waals surface area (Å²) in [6, 6.07) is 11.8. The number of nitrogens with zero attached hydrogens (tertiary/aromatic N) is 1. The molecule has 1 aromatic heterocycles. The van der Waals surface area contributed by atoms with Crippen LogP contribution < -0.4 is 10.1 Å². The van der Waals surface area contributed by atoms with Crippen LogP contribution in [0.3, 0.4) is 0 Å². The fourth-order valence-corrected chi connectivity index (χ4v) is 4.86. The van der Waals surface area contributed by atoms with E-state index >= 15 is 0 Å². The summed E-state index contributed by atoms with van der Waals surface area (Å²) in [5.41, 5.74) is 4.90. The molecule has 3 aromatic rings. The molecule has 0 aliphatic rings. The van der Waals surface area contributed by atoms with E-state index in [1.165, 1.54) is 0 Å². The van der Waals surface area contributed by atoms with E-state index in [1.54, 1.807) is 32.7 Å². The zero-order valence-electron chi connectivity index (χ0n) is 19.6. The Bertz CT molecular complexity index is 1120. The number of thiazole rings is 1. The number of methoxy groups -OCH3 is 3. The Hall–Kier alpha value is -2.56. The average molecular weight is 485 g/mol. The molecule has 0 saturated heterocycles. The average Bonchev–Trinajstić information content (AvgIpc) is 3.18. The van der Waals surface area contributed by atoms with Crippen molar-refractivity contribution in [2.45, 2.75) is 32.4 Å². The lowest BCUT2D eigenvalue weighted by atomic mass is 9.92. The highest BCUT2D eigenvalue weighted by Crippen LogP contribution is 2.38. The van der Waals surface area contributed by atoms with Crippen molar-refractivity contribution in [3.05, 3.63) is 63.0 Å². The summed E-state index contributed by atoms with van der Waals surface area (Å²) in [5, 5.41) is 4.78. The zero-order valence-corrected chi connectivity index (χ0v) is 21.1. The number of ether oxygens (including phenoxy) is 3. The first-order valence-corrected chi connectivity index (χ1v) is 11.7. The van der Waals surface area contributed by atoms with Gasteiger partial charge in [0.05, 0.1) is 37.1 Å². The van der Waals surface area contributed by atoms with Crippen molar-refractivity contribution in [2.75, 3.05) is 33.3 Å². The topological polar surface area (TPSA) is 52.6 Å². The summed E-state index contributed by atoms with van der Waals surface area (Å²) < 4.78 is 16.1. The minimum absolute atomic E-state index is 0.0453. The van der Waals surface area contributed by atoms with Gasteiger partial charge in [0.15, 0.2) is 5.13 Å². The molecular weight excluding hydrogens is 456 g/mol. The second kappa shape index (κ2) is 11.5. The molecule has 2 unspecified atom stereocenters. The van der Waals surface area contributed by atoms with Crippen molar-refractivity contribution in [2.24, 2.45) is 0 Å². The first kappa shape index (κ1) is 25.1. The van der Waals surface area contributed by atoms with Crippen LogP contribution in [0.25, 0.3) is 11.3 Å². The summed E-state index contributed by atoms with van der Waals surface area (Å²) in [5.74, 6) is 3.59. The molecule has 174 valence electrons. The fourth-order valence-electron chi connectivity index (χ4n) is 3.76. The molecule has 0 amide bonds. The van der Waals surface area contributed by atoms with E-state index in [9.17, 15) is 0 Å². The molecule has 0 aliphatic heterocycles. The van der Waals surface area contributed by atoms with Gasteiger partial charge in [-0.3, -0.25) is 0 Å². The lowest BCUT2D eigenvalue weighted by Gasteiger charge is -2.24. The zero-order chi connectivity index (χ0) is 24.0. The van der Waals surface area contributed by atoms with Crippen LogP contribution in [0.15, 0.2) is 36.4 Å². The Kier molecular flexibility index (Phi) is 8.76. The van der Waals surface area contributed by atoms with Crippen LogP contribution in [-0.4, -0.2) is 39.0 Å². The molecule has 2 atom stereocenters. The van der Waals surface area contributed by atoms with E-state index in [0.717, 1.165) is 43.7 Å². The van der Waals surface area contributed by atoms with E-state index in [0.29, 0.717) is 18.2 Å². The number of terminal acetylenes is 1. The largest absolute Gasteiger partial charge is 0.496 e. The van der Waals surface area contributed by atoms with Crippen LogP contribution >= 0.6 is 22.9 Å². The van der Waals surface area contributed by atoms with Gasteiger partial charge >= 0.3 is 0 Å². The summed E-state index contributed by atoms with van der Waals surface area (Å²) in [4.78, 5) is 5.88. The van der Waals surface area contributed by atoms with Gasteiger partial charge in [-0.25, -0.2) is 4.98 Å². The van der Waals surface area contributed by atoms with Crippen LogP contribution in [-0.2, 0) is 16.1 Å². The second-order valence-corrected chi connectivity index (χ2v) is 9.36. The fraction of sp³-hybridized carbons (Fsp3) is 0.346. The molecule has 0 aliphatic carbocycles. The Morgan fingerprint density at radius 2 is 1.85 bits per heavy atom. The molecule has 3 rings (SSSR count). The standard InChI is InChI=1S/C26H29ClN2O3S/c1-7-23(21(15-31-5)19-10-8-18(9-11-19)14-30-4)28-26-29-25(17(3)33-26)20-12-16(2)24(32-6)13-22(20)27/h1,8-13,21,23H,14-15H2,2-6H3,(H,28,29). The molecule has 0 spiro atoms. The van der Waals surface area contributed by atoms with Crippen LogP contribution in [0.4, 0.5) is 5.13 Å². The van der Waals surface area contributed by atoms with E-state index in [2.05, 4.69) is 35.5 Å². The first-order valence-electron chi connectivity index (χ1n) is 10.5. The maximum atomic E-state index is 6.54.